The van der Waals surface area contributed by atoms with Crippen LogP contribution in [-0.4, -0.2) is 37.3 Å². The van der Waals surface area contributed by atoms with Crippen molar-refractivity contribution in [3.63, 3.8) is 0 Å². The third-order valence-corrected chi connectivity index (χ3v) is 8.51. The molecular weight excluding hydrogens is 380 g/mol. The van der Waals surface area contributed by atoms with E-state index in [9.17, 15) is 13.2 Å². The van der Waals surface area contributed by atoms with Crippen molar-refractivity contribution in [1.29, 1.82) is 0 Å². The van der Waals surface area contributed by atoms with Crippen LogP contribution in [0.3, 0.4) is 0 Å². The zero-order chi connectivity index (χ0) is 19.7. The SMILES string of the molecule is CCC(C)(C)NC(=O)c1ccc(-c2ccc(S(=O)(=O)N3CCCC3)s2)cc1. The lowest BCUT2D eigenvalue weighted by Gasteiger charge is -2.24. The molecule has 0 radical (unpaired) electrons. The second-order valence-corrected chi connectivity index (χ2v) is 10.7. The molecule has 1 aliphatic heterocycles. The lowest BCUT2D eigenvalue weighted by atomic mass is 10.0. The van der Waals surface area contributed by atoms with E-state index in [1.165, 1.54) is 11.3 Å². The molecule has 0 spiro atoms. The Bertz CT molecular complexity index is 909. The highest BCUT2D eigenvalue weighted by atomic mass is 32.2. The standard InChI is InChI=1S/C20H26N2O3S2/c1-4-20(2,3)21-19(23)16-9-7-15(8-10-16)17-11-12-18(26-17)27(24,25)22-13-5-6-14-22/h7-12H,4-6,13-14H2,1-3H3,(H,21,23). The number of nitrogens with one attached hydrogen (secondary N) is 1. The highest BCUT2D eigenvalue weighted by molar-refractivity contribution is 7.91. The molecule has 1 aliphatic rings. The first-order valence-corrected chi connectivity index (χ1v) is 11.5. The number of sulfonamides is 1. The molecule has 2 aromatic rings. The number of carbonyl (C=O) groups is 1. The van der Waals surface area contributed by atoms with Crippen molar-refractivity contribution < 1.29 is 13.2 Å². The number of carbonyl (C=O) groups excluding carboxylic acids is 1. The second-order valence-electron chi connectivity index (χ2n) is 7.50. The van der Waals surface area contributed by atoms with Gasteiger partial charge in [-0.1, -0.05) is 19.1 Å². The van der Waals surface area contributed by atoms with E-state index in [1.54, 1.807) is 22.5 Å². The highest BCUT2D eigenvalue weighted by Gasteiger charge is 2.28. The van der Waals surface area contributed by atoms with E-state index in [2.05, 4.69) is 5.32 Å². The average molecular weight is 407 g/mol. The molecule has 1 aromatic carbocycles. The maximum absolute atomic E-state index is 12.7. The van der Waals surface area contributed by atoms with Crippen LogP contribution in [0.4, 0.5) is 0 Å². The molecule has 146 valence electrons. The largest absolute Gasteiger partial charge is 0.347 e. The van der Waals surface area contributed by atoms with Gasteiger partial charge in [0.05, 0.1) is 0 Å². The van der Waals surface area contributed by atoms with E-state index in [0.717, 1.165) is 29.7 Å². The summed E-state index contributed by atoms with van der Waals surface area (Å²) in [5, 5.41) is 3.02. The Morgan fingerprint density at radius 3 is 2.33 bits per heavy atom. The average Bonchev–Trinajstić information content (AvgIpc) is 3.34. The highest BCUT2D eigenvalue weighted by Crippen LogP contribution is 2.33. The van der Waals surface area contributed by atoms with E-state index in [0.29, 0.717) is 22.9 Å². The van der Waals surface area contributed by atoms with Crippen molar-refractivity contribution in [2.24, 2.45) is 0 Å². The minimum Gasteiger partial charge on any atom is -0.347 e. The van der Waals surface area contributed by atoms with Gasteiger partial charge in [-0.2, -0.15) is 4.31 Å². The first-order valence-electron chi connectivity index (χ1n) is 9.26. The molecule has 0 aliphatic carbocycles. The van der Waals surface area contributed by atoms with Crippen LogP contribution in [0.25, 0.3) is 10.4 Å². The van der Waals surface area contributed by atoms with Gasteiger partial charge < -0.3 is 5.32 Å². The minimum absolute atomic E-state index is 0.100. The molecule has 5 nitrogen and oxygen atoms in total. The maximum Gasteiger partial charge on any atom is 0.252 e. The summed E-state index contributed by atoms with van der Waals surface area (Å²) in [6.07, 6.45) is 2.70. The number of benzene rings is 1. The van der Waals surface area contributed by atoms with E-state index in [4.69, 9.17) is 0 Å². The molecule has 2 heterocycles. The van der Waals surface area contributed by atoms with Crippen molar-refractivity contribution in [3.05, 3.63) is 42.0 Å². The smallest absolute Gasteiger partial charge is 0.252 e. The Kier molecular flexibility index (Phi) is 5.74. The van der Waals surface area contributed by atoms with Gasteiger partial charge in [0.1, 0.15) is 4.21 Å². The molecule has 1 saturated heterocycles. The molecule has 7 heteroatoms. The molecule has 1 fully saturated rings. The molecule has 1 N–H and O–H groups in total. The topological polar surface area (TPSA) is 66.5 Å². The van der Waals surface area contributed by atoms with E-state index in [1.807, 2.05) is 39.0 Å². The van der Waals surface area contributed by atoms with E-state index >= 15 is 0 Å². The van der Waals surface area contributed by atoms with Crippen LogP contribution in [0, 0.1) is 0 Å². The Morgan fingerprint density at radius 1 is 1.11 bits per heavy atom. The fraction of sp³-hybridized carbons (Fsp3) is 0.450. The monoisotopic (exact) mass is 406 g/mol. The lowest BCUT2D eigenvalue weighted by Crippen LogP contribution is -2.42. The van der Waals surface area contributed by atoms with E-state index in [-0.39, 0.29) is 11.4 Å². The first-order chi connectivity index (χ1) is 12.7. The zero-order valence-electron chi connectivity index (χ0n) is 16.0. The fourth-order valence-corrected chi connectivity index (χ4v) is 5.91. The molecule has 0 bridgehead atoms. The van der Waals surface area contributed by atoms with Crippen LogP contribution in [0.5, 0.6) is 0 Å². The summed E-state index contributed by atoms with van der Waals surface area (Å²) in [6.45, 7) is 7.23. The fourth-order valence-electron chi connectivity index (χ4n) is 2.92. The summed E-state index contributed by atoms with van der Waals surface area (Å²) in [5.41, 5.74) is 1.26. The summed E-state index contributed by atoms with van der Waals surface area (Å²) < 4.78 is 27.3. The Labute approximate surface area is 165 Å². The predicted octanol–water partition coefficient (Wildman–Crippen LogP) is 4.12. The normalized spacial score (nSPS) is 15.8. The minimum atomic E-state index is -3.38. The summed E-state index contributed by atoms with van der Waals surface area (Å²) in [4.78, 5) is 13.2. The van der Waals surface area contributed by atoms with Gasteiger partial charge in [-0.3, -0.25) is 4.79 Å². The predicted molar refractivity (Wildman–Crippen MR) is 110 cm³/mol. The van der Waals surface area contributed by atoms with Crippen molar-refractivity contribution in [3.8, 4) is 10.4 Å². The molecule has 3 rings (SSSR count). The van der Waals surface area contributed by atoms with Gasteiger partial charge in [-0.25, -0.2) is 8.42 Å². The van der Waals surface area contributed by atoms with Crippen molar-refractivity contribution in [2.45, 2.75) is 49.8 Å². The van der Waals surface area contributed by atoms with Crippen LogP contribution in [0.1, 0.15) is 50.4 Å². The number of hydrogen-bond acceptors (Lipinski definition) is 4. The number of amides is 1. The van der Waals surface area contributed by atoms with Gasteiger partial charge in [-0.15, -0.1) is 11.3 Å². The Hall–Kier alpha value is -1.70. The Morgan fingerprint density at radius 2 is 1.74 bits per heavy atom. The van der Waals surface area contributed by atoms with Crippen LogP contribution in [0.15, 0.2) is 40.6 Å². The number of nitrogens with zero attached hydrogens (tertiary/aromatic N) is 1. The third kappa shape index (κ3) is 4.42. The molecular formula is C20H26N2O3S2. The zero-order valence-corrected chi connectivity index (χ0v) is 17.6. The summed E-state index contributed by atoms with van der Waals surface area (Å²) >= 11 is 1.28. The van der Waals surface area contributed by atoms with Crippen LogP contribution < -0.4 is 5.32 Å². The van der Waals surface area contributed by atoms with Gasteiger partial charge in [0.25, 0.3) is 15.9 Å². The molecule has 0 unspecified atom stereocenters. The lowest BCUT2D eigenvalue weighted by molar-refractivity contribution is 0.0911. The maximum atomic E-state index is 12.7. The molecule has 1 aromatic heterocycles. The van der Waals surface area contributed by atoms with Gasteiger partial charge >= 0.3 is 0 Å². The molecule has 27 heavy (non-hydrogen) atoms. The van der Waals surface area contributed by atoms with Gasteiger partial charge in [0.2, 0.25) is 0 Å². The number of thiophene rings is 1. The van der Waals surface area contributed by atoms with Gasteiger partial charge in [0, 0.05) is 29.1 Å². The van der Waals surface area contributed by atoms with Crippen molar-refractivity contribution in [1.82, 2.24) is 9.62 Å². The summed E-state index contributed by atoms with van der Waals surface area (Å²) in [6, 6.07) is 10.8. The van der Waals surface area contributed by atoms with Crippen LogP contribution >= 0.6 is 11.3 Å². The first kappa shape index (κ1) is 20.0. The van der Waals surface area contributed by atoms with Crippen molar-refractivity contribution >= 4 is 27.3 Å². The summed E-state index contributed by atoms with van der Waals surface area (Å²) in [7, 11) is -3.38. The summed E-state index contributed by atoms with van der Waals surface area (Å²) in [5.74, 6) is -0.100. The quantitative estimate of drug-likeness (QED) is 0.785. The second kappa shape index (κ2) is 7.73. The number of hydrogen-bond donors (Lipinski definition) is 1. The molecule has 0 saturated carbocycles. The van der Waals surface area contributed by atoms with Crippen molar-refractivity contribution in [2.75, 3.05) is 13.1 Å². The van der Waals surface area contributed by atoms with Gasteiger partial charge in [-0.05, 0) is 62.9 Å². The van der Waals surface area contributed by atoms with Crippen LogP contribution in [-0.2, 0) is 10.0 Å². The van der Waals surface area contributed by atoms with E-state index < -0.39 is 10.0 Å². The molecule has 0 atom stereocenters. The number of rotatable bonds is 6. The third-order valence-electron chi connectivity index (χ3n) is 5.01. The van der Waals surface area contributed by atoms with Gasteiger partial charge in [0.15, 0.2) is 0 Å². The van der Waals surface area contributed by atoms with Crippen LogP contribution in [0.2, 0.25) is 0 Å². The Balaban J connectivity index is 1.76. The molecule has 1 amide bonds.